The van der Waals surface area contributed by atoms with E-state index in [4.69, 9.17) is 9.47 Å². The fourth-order valence-electron chi connectivity index (χ4n) is 4.23. The number of para-hydroxylation sites is 1. The van der Waals surface area contributed by atoms with Crippen LogP contribution >= 0.6 is 0 Å². The van der Waals surface area contributed by atoms with Crippen molar-refractivity contribution in [1.82, 2.24) is 0 Å². The van der Waals surface area contributed by atoms with Crippen molar-refractivity contribution in [2.45, 2.75) is 19.8 Å². The third-order valence-electron chi connectivity index (χ3n) is 5.45. The van der Waals surface area contributed by atoms with Crippen LogP contribution in [0.2, 0.25) is 0 Å². The zero-order valence-electron chi connectivity index (χ0n) is 17.1. The molecular formula is C24H20NO6-. The number of allylic oxidation sites excluding steroid dienone is 1. The Morgan fingerprint density at radius 1 is 1.06 bits per heavy atom. The Labute approximate surface area is 179 Å². The van der Waals surface area contributed by atoms with E-state index in [9.17, 15) is 19.5 Å². The van der Waals surface area contributed by atoms with E-state index in [2.05, 4.69) is 4.99 Å². The smallest absolute Gasteiger partial charge is 0.315 e. The number of aliphatic carboxylic acids is 1. The molecule has 0 N–H and O–H groups in total. The van der Waals surface area contributed by atoms with Crippen molar-refractivity contribution < 1.29 is 29.0 Å². The molecule has 1 aliphatic carbocycles. The van der Waals surface area contributed by atoms with Crippen LogP contribution in [0.5, 0.6) is 5.75 Å². The van der Waals surface area contributed by atoms with Gasteiger partial charge in [0.1, 0.15) is 18.3 Å². The van der Waals surface area contributed by atoms with Crippen LogP contribution in [0.25, 0.3) is 5.70 Å². The highest BCUT2D eigenvalue weighted by atomic mass is 16.5. The molecule has 158 valence electrons. The maximum Gasteiger partial charge on any atom is 0.315 e. The lowest BCUT2D eigenvalue weighted by Crippen LogP contribution is -2.35. The summed E-state index contributed by atoms with van der Waals surface area (Å²) in [5.41, 5.74) is 3.17. The monoisotopic (exact) mass is 418 g/mol. The van der Waals surface area contributed by atoms with E-state index in [-0.39, 0.29) is 18.1 Å². The number of carboxylic acids is 1. The first-order valence-corrected chi connectivity index (χ1v) is 9.95. The maximum atomic E-state index is 13.4. The van der Waals surface area contributed by atoms with Crippen molar-refractivity contribution in [3.63, 3.8) is 0 Å². The molecule has 0 spiro atoms. The van der Waals surface area contributed by atoms with E-state index in [1.807, 2.05) is 12.1 Å². The van der Waals surface area contributed by atoms with Gasteiger partial charge in [0.25, 0.3) is 0 Å². The predicted molar refractivity (Wildman–Crippen MR) is 111 cm³/mol. The molecule has 1 aliphatic heterocycles. The zero-order chi connectivity index (χ0) is 22.1. The number of fused-ring (bicyclic) bond motifs is 2. The Kier molecular flexibility index (Phi) is 5.42. The maximum absolute atomic E-state index is 13.4. The van der Waals surface area contributed by atoms with Gasteiger partial charge >= 0.3 is 5.97 Å². The number of hydrogen-bond donors (Lipinski definition) is 0. The third-order valence-corrected chi connectivity index (χ3v) is 5.45. The largest absolute Gasteiger partial charge is 0.546 e. The van der Waals surface area contributed by atoms with Crippen LogP contribution in [0.1, 0.15) is 41.3 Å². The Balaban J connectivity index is 1.91. The summed E-state index contributed by atoms with van der Waals surface area (Å²) >= 11 is 0. The minimum absolute atomic E-state index is 0.179. The van der Waals surface area contributed by atoms with Crippen LogP contribution in [-0.2, 0) is 14.3 Å². The summed E-state index contributed by atoms with van der Waals surface area (Å²) in [5.74, 6) is -3.40. The van der Waals surface area contributed by atoms with Crippen molar-refractivity contribution >= 4 is 29.1 Å². The first-order chi connectivity index (χ1) is 14.9. The van der Waals surface area contributed by atoms with Gasteiger partial charge in [-0.3, -0.25) is 14.6 Å². The van der Waals surface area contributed by atoms with E-state index in [1.54, 1.807) is 50.2 Å². The van der Waals surface area contributed by atoms with E-state index in [0.717, 1.165) is 0 Å². The number of rotatable bonds is 6. The fourth-order valence-corrected chi connectivity index (χ4v) is 4.23. The van der Waals surface area contributed by atoms with E-state index in [1.165, 1.54) is 0 Å². The van der Waals surface area contributed by atoms with Gasteiger partial charge in [-0.2, -0.15) is 0 Å². The molecule has 0 aromatic heterocycles. The molecule has 2 aliphatic rings. The second-order valence-electron chi connectivity index (χ2n) is 7.30. The Morgan fingerprint density at radius 3 is 2.45 bits per heavy atom. The number of Topliss-reactive ketones (excluding diaryl/α,β-unsaturated/α-hetero) is 1. The van der Waals surface area contributed by atoms with Crippen LogP contribution in [0, 0.1) is 5.92 Å². The molecule has 7 nitrogen and oxygen atoms in total. The number of ketones is 1. The molecule has 1 unspecified atom stereocenters. The van der Waals surface area contributed by atoms with Gasteiger partial charge in [0, 0.05) is 33.9 Å². The molecule has 7 heteroatoms. The molecule has 2 atom stereocenters. The summed E-state index contributed by atoms with van der Waals surface area (Å²) in [6.07, 6.45) is 0. The Morgan fingerprint density at radius 2 is 1.74 bits per heavy atom. The van der Waals surface area contributed by atoms with Crippen molar-refractivity contribution in [2.75, 3.05) is 13.2 Å². The molecule has 2 aromatic rings. The first kappa shape index (κ1) is 20.5. The summed E-state index contributed by atoms with van der Waals surface area (Å²) in [6, 6.07) is 13.9. The van der Waals surface area contributed by atoms with E-state index >= 15 is 0 Å². The van der Waals surface area contributed by atoms with Crippen LogP contribution in [-0.4, -0.2) is 36.6 Å². The molecular weight excluding hydrogens is 398 g/mol. The van der Waals surface area contributed by atoms with E-state index < -0.39 is 30.4 Å². The quantitative estimate of drug-likeness (QED) is 0.666. The Hall–Kier alpha value is -3.74. The number of aliphatic imine (C=N–C) groups is 1. The average molecular weight is 418 g/mol. The van der Waals surface area contributed by atoms with Crippen molar-refractivity contribution in [3.8, 4) is 5.75 Å². The SMILES string of the molecule is CCOC(=O)C1C(C)=NC2=C(C(=O)c3ccccc32)[C@H]1c1ccccc1OCC(=O)[O-]. The lowest BCUT2D eigenvalue weighted by molar-refractivity contribution is -0.307. The Bertz CT molecular complexity index is 1150. The second-order valence-corrected chi connectivity index (χ2v) is 7.30. The summed E-state index contributed by atoms with van der Waals surface area (Å²) < 4.78 is 10.8. The summed E-state index contributed by atoms with van der Waals surface area (Å²) in [4.78, 5) is 41.9. The van der Waals surface area contributed by atoms with Crippen LogP contribution in [0.15, 0.2) is 59.1 Å². The number of carboxylic acid groups (broad SMARTS) is 1. The number of carbonyl (C=O) groups excluding carboxylic acids is 3. The van der Waals surface area contributed by atoms with Gasteiger partial charge in [-0.25, -0.2) is 0 Å². The van der Waals surface area contributed by atoms with Crippen molar-refractivity contribution in [3.05, 3.63) is 70.8 Å². The molecule has 0 saturated heterocycles. The normalized spacial score (nSPS) is 19.4. The van der Waals surface area contributed by atoms with Crippen molar-refractivity contribution in [2.24, 2.45) is 10.9 Å². The van der Waals surface area contributed by atoms with Gasteiger partial charge < -0.3 is 19.4 Å². The minimum atomic E-state index is -1.37. The number of carbonyl (C=O) groups is 3. The second kappa shape index (κ2) is 8.18. The summed E-state index contributed by atoms with van der Waals surface area (Å²) in [5, 5.41) is 11.0. The molecule has 0 radical (unpaired) electrons. The van der Waals surface area contributed by atoms with Gasteiger partial charge in [0.05, 0.1) is 18.3 Å². The summed E-state index contributed by atoms with van der Waals surface area (Å²) in [6.45, 7) is 2.97. The molecule has 2 aromatic carbocycles. The number of ether oxygens (including phenoxy) is 2. The highest BCUT2D eigenvalue weighted by Crippen LogP contribution is 2.49. The topological polar surface area (TPSA) is 105 Å². The van der Waals surface area contributed by atoms with Gasteiger partial charge in [-0.05, 0) is 19.9 Å². The van der Waals surface area contributed by atoms with Gasteiger partial charge in [-0.15, -0.1) is 0 Å². The third kappa shape index (κ3) is 3.52. The van der Waals surface area contributed by atoms with E-state index in [0.29, 0.717) is 33.7 Å². The standard InChI is InChI=1S/C24H21NO6/c1-3-30-24(29)19-13(2)25-22-14-8-4-5-9-15(14)23(28)21(22)20(19)16-10-6-7-11-17(16)31-12-18(26)27/h4-11,19-20H,3,12H2,1-2H3,(H,26,27)/p-1/t19?,20-/m0/s1. The molecule has 4 rings (SSSR count). The fraction of sp³-hybridized carbons (Fsp3) is 0.250. The van der Waals surface area contributed by atoms with Crippen LogP contribution in [0.4, 0.5) is 0 Å². The highest BCUT2D eigenvalue weighted by Gasteiger charge is 2.46. The van der Waals surface area contributed by atoms with Crippen molar-refractivity contribution in [1.29, 1.82) is 0 Å². The molecule has 0 bridgehead atoms. The number of hydrogen-bond acceptors (Lipinski definition) is 7. The average Bonchev–Trinajstić information content (AvgIpc) is 3.03. The predicted octanol–water partition coefficient (Wildman–Crippen LogP) is 2.16. The number of benzene rings is 2. The molecule has 0 fully saturated rings. The van der Waals surface area contributed by atoms with Gasteiger partial charge in [-0.1, -0.05) is 42.5 Å². The van der Waals surface area contributed by atoms with Gasteiger partial charge in [0.2, 0.25) is 0 Å². The number of esters is 1. The van der Waals surface area contributed by atoms with Gasteiger partial charge in [0.15, 0.2) is 5.78 Å². The lowest BCUT2D eigenvalue weighted by atomic mass is 9.75. The molecule has 0 saturated carbocycles. The first-order valence-electron chi connectivity index (χ1n) is 9.95. The molecule has 0 amide bonds. The van der Waals surface area contributed by atoms with Crippen LogP contribution in [0.3, 0.4) is 0 Å². The zero-order valence-corrected chi connectivity index (χ0v) is 17.1. The lowest BCUT2D eigenvalue weighted by Gasteiger charge is -2.31. The molecule has 31 heavy (non-hydrogen) atoms. The van der Waals surface area contributed by atoms with Crippen LogP contribution < -0.4 is 9.84 Å². The highest BCUT2D eigenvalue weighted by molar-refractivity contribution is 6.24. The number of nitrogens with zero attached hydrogens (tertiary/aromatic N) is 1. The minimum Gasteiger partial charge on any atom is -0.546 e. The summed E-state index contributed by atoms with van der Waals surface area (Å²) in [7, 11) is 0. The molecule has 1 heterocycles.